The summed E-state index contributed by atoms with van der Waals surface area (Å²) >= 11 is 7.66. The zero-order valence-electron chi connectivity index (χ0n) is 12.4. The Hall–Kier alpha value is -0.710. The van der Waals surface area contributed by atoms with Crippen LogP contribution in [-0.4, -0.2) is 30.5 Å². The van der Waals surface area contributed by atoms with Gasteiger partial charge in [-0.05, 0) is 49.0 Å². The van der Waals surface area contributed by atoms with Crippen LogP contribution >= 0.6 is 23.4 Å². The molecule has 3 N–H and O–H groups in total. The first-order chi connectivity index (χ1) is 10.1. The molecule has 0 spiro atoms. The summed E-state index contributed by atoms with van der Waals surface area (Å²) in [6, 6.07) is 7.58. The summed E-state index contributed by atoms with van der Waals surface area (Å²) in [5, 5.41) is 3.79. The molecule has 1 atom stereocenters. The molecule has 0 unspecified atom stereocenters. The molecule has 21 heavy (non-hydrogen) atoms. The second-order valence-corrected chi connectivity index (χ2v) is 7.17. The van der Waals surface area contributed by atoms with E-state index in [0.717, 1.165) is 30.0 Å². The van der Waals surface area contributed by atoms with Crippen molar-refractivity contribution in [3.63, 3.8) is 0 Å². The van der Waals surface area contributed by atoms with Crippen LogP contribution in [0.3, 0.4) is 0 Å². The third-order valence-electron chi connectivity index (χ3n) is 4.34. The number of rotatable bonds is 7. The predicted octanol–water partition coefficient (Wildman–Crippen LogP) is 2.96. The molecular formula is C16H23ClN2OS. The standard InChI is InChI=1S/C16H23ClN2OS/c1-21-10-7-14(18)15(20)19-11-16(8-2-9-16)12-3-5-13(17)6-4-12/h3-6,14H,2,7-11,18H2,1H3,(H,19,20)/t14-/m0/s1. The summed E-state index contributed by atoms with van der Waals surface area (Å²) in [5.41, 5.74) is 7.24. The van der Waals surface area contributed by atoms with Gasteiger partial charge in [-0.1, -0.05) is 30.2 Å². The van der Waals surface area contributed by atoms with Crippen molar-refractivity contribution in [2.75, 3.05) is 18.6 Å². The smallest absolute Gasteiger partial charge is 0.236 e. The molecule has 116 valence electrons. The minimum atomic E-state index is -0.403. The van der Waals surface area contributed by atoms with E-state index in [1.807, 2.05) is 18.4 Å². The topological polar surface area (TPSA) is 55.1 Å². The van der Waals surface area contributed by atoms with Gasteiger partial charge in [-0.3, -0.25) is 4.79 Å². The van der Waals surface area contributed by atoms with Gasteiger partial charge in [-0.2, -0.15) is 11.8 Å². The highest BCUT2D eigenvalue weighted by atomic mass is 35.5. The number of halogens is 1. The molecule has 1 saturated carbocycles. The largest absolute Gasteiger partial charge is 0.354 e. The van der Waals surface area contributed by atoms with Crippen LogP contribution in [0.2, 0.25) is 5.02 Å². The fourth-order valence-corrected chi connectivity index (χ4v) is 3.35. The first-order valence-electron chi connectivity index (χ1n) is 7.36. The van der Waals surface area contributed by atoms with Gasteiger partial charge >= 0.3 is 0 Å². The summed E-state index contributed by atoms with van der Waals surface area (Å²) < 4.78 is 0. The lowest BCUT2D eigenvalue weighted by molar-refractivity contribution is -0.122. The maximum atomic E-state index is 12.1. The molecule has 1 fully saturated rings. The maximum absolute atomic E-state index is 12.1. The van der Waals surface area contributed by atoms with Gasteiger partial charge in [-0.15, -0.1) is 0 Å². The van der Waals surface area contributed by atoms with Crippen LogP contribution < -0.4 is 11.1 Å². The second kappa shape index (κ2) is 7.52. The van der Waals surface area contributed by atoms with Crippen LogP contribution in [0, 0.1) is 0 Å². The molecule has 0 bridgehead atoms. The molecule has 1 aromatic rings. The van der Waals surface area contributed by atoms with Gasteiger partial charge < -0.3 is 11.1 Å². The molecular weight excluding hydrogens is 304 g/mol. The summed E-state index contributed by atoms with van der Waals surface area (Å²) in [7, 11) is 0. The highest BCUT2D eigenvalue weighted by Gasteiger charge is 2.39. The molecule has 0 aromatic heterocycles. The van der Waals surface area contributed by atoms with Crippen molar-refractivity contribution >= 4 is 29.3 Å². The highest BCUT2D eigenvalue weighted by Crippen LogP contribution is 2.43. The first-order valence-corrected chi connectivity index (χ1v) is 9.13. The zero-order chi connectivity index (χ0) is 15.3. The van der Waals surface area contributed by atoms with Crippen LogP contribution in [0.15, 0.2) is 24.3 Å². The Morgan fingerprint density at radius 1 is 1.43 bits per heavy atom. The van der Waals surface area contributed by atoms with Crippen molar-refractivity contribution in [3.8, 4) is 0 Å². The SMILES string of the molecule is CSCC[C@H](N)C(=O)NCC1(c2ccc(Cl)cc2)CCC1. The fourth-order valence-electron chi connectivity index (χ4n) is 2.74. The summed E-state index contributed by atoms with van der Waals surface area (Å²) in [5.74, 6) is 0.876. The quantitative estimate of drug-likeness (QED) is 0.810. The van der Waals surface area contributed by atoms with Crippen molar-refractivity contribution in [1.29, 1.82) is 0 Å². The van der Waals surface area contributed by atoms with Gasteiger partial charge in [0, 0.05) is 17.0 Å². The third-order valence-corrected chi connectivity index (χ3v) is 5.23. The number of hydrogen-bond donors (Lipinski definition) is 2. The van der Waals surface area contributed by atoms with Gasteiger partial charge in [0.25, 0.3) is 0 Å². The van der Waals surface area contributed by atoms with E-state index < -0.39 is 6.04 Å². The van der Waals surface area contributed by atoms with E-state index in [1.165, 1.54) is 12.0 Å². The van der Waals surface area contributed by atoms with Crippen LogP contribution in [0.1, 0.15) is 31.2 Å². The second-order valence-electron chi connectivity index (χ2n) is 5.75. The Morgan fingerprint density at radius 3 is 2.62 bits per heavy atom. The third kappa shape index (κ3) is 4.15. The van der Waals surface area contributed by atoms with Gasteiger partial charge in [0.05, 0.1) is 6.04 Å². The predicted molar refractivity (Wildman–Crippen MR) is 91.0 cm³/mol. The number of carbonyl (C=O) groups is 1. The highest BCUT2D eigenvalue weighted by molar-refractivity contribution is 7.98. The normalized spacial score (nSPS) is 17.9. The number of nitrogens with one attached hydrogen (secondary N) is 1. The van der Waals surface area contributed by atoms with Crippen LogP contribution in [0.5, 0.6) is 0 Å². The van der Waals surface area contributed by atoms with Gasteiger partial charge in [0.2, 0.25) is 5.91 Å². The Bertz CT molecular complexity index is 474. The van der Waals surface area contributed by atoms with E-state index in [9.17, 15) is 4.79 Å². The monoisotopic (exact) mass is 326 g/mol. The molecule has 1 aliphatic rings. The Morgan fingerprint density at radius 2 is 2.10 bits per heavy atom. The number of nitrogens with two attached hydrogens (primary N) is 1. The average molecular weight is 327 g/mol. The molecule has 1 amide bonds. The van der Waals surface area contributed by atoms with Crippen LogP contribution in [-0.2, 0) is 10.2 Å². The summed E-state index contributed by atoms with van der Waals surface area (Å²) in [4.78, 5) is 12.1. The zero-order valence-corrected chi connectivity index (χ0v) is 14.0. The lowest BCUT2D eigenvalue weighted by Crippen LogP contribution is -2.49. The van der Waals surface area contributed by atoms with E-state index in [2.05, 4.69) is 17.4 Å². The minimum Gasteiger partial charge on any atom is -0.354 e. The molecule has 0 aliphatic heterocycles. The molecule has 0 saturated heterocycles. The van der Waals surface area contributed by atoms with Crippen molar-refractivity contribution < 1.29 is 4.79 Å². The van der Waals surface area contributed by atoms with E-state index >= 15 is 0 Å². The molecule has 3 nitrogen and oxygen atoms in total. The van der Waals surface area contributed by atoms with Crippen LogP contribution in [0.25, 0.3) is 0 Å². The van der Waals surface area contributed by atoms with Crippen molar-refractivity contribution in [1.82, 2.24) is 5.32 Å². The average Bonchev–Trinajstić information content (AvgIpc) is 2.45. The molecule has 1 aliphatic carbocycles. The van der Waals surface area contributed by atoms with E-state index in [0.29, 0.717) is 6.54 Å². The van der Waals surface area contributed by atoms with E-state index in [-0.39, 0.29) is 11.3 Å². The number of amides is 1. The Labute approximate surface area is 136 Å². The lowest BCUT2D eigenvalue weighted by atomic mass is 9.64. The van der Waals surface area contributed by atoms with Gasteiger partial charge in [0.15, 0.2) is 0 Å². The number of carbonyl (C=O) groups excluding carboxylic acids is 1. The summed E-state index contributed by atoms with van der Waals surface area (Å²) in [6.07, 6.45) is 6.16. The maximum Gasteiger partial charge on any atom is 0.236 e. The Kier molecular flexibility index (Phi) is 5.97. The van der Waals surface area contributed by atoms with Crippen LogP contribution in [0.4, 0.5) is 0 Å². The minimum absolute atomic E-state index is 0.0377. The van der Waals surface area contributed by atoms with Crippen molar-refractivity contribution in [3.05, 3.63) is 34.9 Å². The summed E-state index contributed by atoms with van der Waals surface area (Å²) in [6.45, 7) is 0.667. The number of thioether (sulfide) groups is 1. The van der Waals surface area contributed by atoms with Gasteiger partial charge in [0.1, 0.15) is 0 Å². The van der Waals surface area contributed by atoms with Crippen molar-refractivity contribution in [2.45, 2.75) is 37.1 Å². The lowest BCUT2D eigenvalue weighted by Gasteiger charge is -2.42. The molecule has 0 heterocycles. The Balaban J connectivity index is 1.93. The number of hydrogen-bond acceptors (Lipinski definition) is 3. The van der Waals surface area contributed by atoms with Crippen molar-refractivity contribution in [2.24, 2.45) is 5.73 Å². The van der Waals surface area contributed by atoms with Gasteiger partial charge in [-0.25, -0.2) is 0 Å². The first kappa shape index (κ1) is 16.7. The molecule has 0 radical (unpaired) electrons. The number of benzene rings is 1. The molecule has 5 heteroatoms. The van der Waals surface area contributed by atoms with E-state index in [1.54, 1.807) is 11.8 Å². The molecule has 2 rings (SSSR count). The van der Waals surface area contributed by atoms with E-state index in [4.69, 9.17) is 17.3 Å². The molecule has 1 aromatic carbocycles. The fraction of sp³-hybridized carbons (Fsp3) is 0.562.